The molecule has 0 saturated carbocycles. The summed E-state index contributed by atoms with van der Waals surface area (Å²) >= 11 is 6.19. The lowest BCUT2D eigenvalue weighted by atomic mass is 10.2. The van der Waals surface area contributed by atoms with E-state index in [1.807, 2.05) is 0 Å². The van der Waals surface area contributed by atoms with Gasteiger partial charge in [-0.2, -0.15) is 18.0 Å². The Bertz CT molecular complexity index is 1090. The number of nitrogens with zero attached hydrogens (tertiary/aromatic N) is 3. The van der Waals surface area contributed by atoms with Crippen molar-refractivity contribution in [1.29, 1.82) is 5.26 Å². The Kier molecular flexibility index (Phi) is 5.31. The van der Waals surface area contributed by atoms with Gasteiger partial charge in [0.2, 0.25) is 0 Å². The van der Waals surface area contributed by atoms with Gasteiger partial charge >= 0.3 is 10.2 Å². The number of amides is 1. The van der Waals surface area contributed by atoms with E-state index in [2.05, 4.69) is 10.0 Å². The Hall–Kier alpha value is -2.65. The van der Waals surface area contributed by atoms with E-state index in [1.165, 1.54) is 29.9 Å². The molecule has 0 radical (unpaired) electrons. The summed E-state index contributed by atoms with van der Waals surface area (Å²) in [5.74, 6) is -1.39. The molecule has 0 bridgehead atoms. The Balaban J connectivity index is 1.81. The van der Waals surface area contributed by atoms with Gasteiger partial charge in [0.25, 0.3) is 5.91 Å². The summed E-state index contributed by atoms with van der Waals surface area (Å²) in [7, 11) is -2.42. The molecular formula is C16H15ClFN5O4S. The third kappa shape index (κ3) is 3.81. The maximum Gasteiger partial charge on any atom is 0.301 e. The summed E-state index contributed by atoms with van der Waals surface area (Å²) in [6, 6.07) is 5.16. The van der Waals surface area contributed by atoms with E-state index in [1.54, 1.807) is 6.07 Å². The molecule has 1 fully saturated rings. The second kappa shape index (κ2) is 7.40. The van der Waals surface area contributed by atoms with Crippen LogP contribution in [0.3, 0.4) is 0 Å². The predicted octanol–water partition coefficient (Wildman–Crippen LogP) is 1.27. The zero-order chi connectivity index (χ0) is 20.6. The smallest absolute Gasteiger partial charge is 0.301 e. The first-order valence-electron chi connectivity index (χ1n) is 7.94. The lowest BCUT2D eigenvalue weighted by Gasteiger charge is -2.34. The molecule has 1 aromatic heterocycles. The van der Waals surface area contributed by atoms with Crippen LogP contribution < -0.4 is 10.0 Å². The molecule has 2 heterocycles. The first-order chi connectivity index (χ1) is 13.1. The van der Waals surface area contributed by atoms with Gasteiger partial charge in [0.15, 0.2) is 0 Å². The highest BCUT2D eigenvalue weighted by Crippen LogP contribution is 2.30. The number of rotatable bonds is 5. The fraction of sp³-hybridized carbons (Fsp3) is 0.250. The average Bonchev–Trinajstić information content (AvgIpc) is 2.86. The Labute approximate surface area is 165 Å². The molecule has 28 heavy (non-hydrogen) atoms. The minimum Gasteiger partial charge on any atom is -0.390 e. The van der Waals surface area contributed by atoms with E-state index < -0.39 is 28.0 Å². The predicted molar refractivity (Wildman–Crippen MR) is 99.6 cm³/mol. The lowest BCUT2D eigenvalue weighted by molar-refractivity contribution is 0.0552. The number of aryl methyl sites for hydroxylation is 1. The number of β-amino-alcohol motifs (C(OH)–C–C–N with tert-alkyl or cyclic N) is 1. The number of carbonyl (C=O) groups is 1. The number of aliphatic hydroxyl groups excluding tert-OH is 1. The van der Waals surface area contributed by atoms with Crippen molar-refractivity contribution in [3.05, 3.63) is 46.5 Å². The number of hydrogen-bond donors (Lipinski definition) is 3. The van der Waals surface area contributed by atoms with Crippen molar-refractivity contribution < 1.29 is 22.7 Å². The van der Waals surface area contributed by atoms with E-state index in [0.717, 1.165) is 10.4 Å². The molecule has 1 aliphatic rings. The molecule has 2 aromatic rings. The van der Waals surface area contributed by atoms with Crippen LogP contribution in [0.5, 0.6) is 0 Å². The summed E-state index contributed by atoms with van der Waals surface area (Å²) in [6.07, 6.45) is 0.620. The summed E-state index contributed by atoms with van der Waals surface area (Å²) < 4.78 is 42.5. The molecule has 1 aromatic carbocycles. The number of nitriles is 1. The maximum absolute atomic E-state index is 13.4. The van der Waals surface area contributed by atoms with Crippen molar-refractivity contribution in [2.75, 3.05) is 23.1 Å². The molecule has 0 atom stereocenters. The van der Waals surface area contributed by atoms with E-state index in [-0.39, 0.29) is 40.7 Å². The van der Waals surface area contributed by atoms with Crippen molar-refractivity contribution >= 4 is 39.1 Å². The molecule has 0 aliphatic carbocycles. The van der Waals surface area contributed by atoms with Crippen LogP contribution in [-0.4, -0.2) is 47.5 Å². The molecule has 148 valence electrons. The second-order valence-corrected chi connectivity index (χ2v) is 8.20. The van der Waals surface area contributed by atoms with E-state index in [9.17, 15) is 22.7 Å². The van der Waals surface area contributed by atoms with Crippen molar-refractivity contribution in [1.82, 2.24) is 8.87 Å². The number of nitrogens with one attached hydrogen (secondary N) is 2. The second-order valence-electron chi connectivity index (χ2n) is 6.15. The van der Waals surface area contributed by atoms with Crippen LogP contribution in [-0.2, 0) is 17.3 Å². The standard InChI is InChI=1S/C16H15ClFN5O4S/c1-22-8-13(21-28(26,27)23-6-11(24)7-23)14(17)15(22)16(25)20-10-2-3-12(18)9(4-10)5-19/h2-4,8,11,21,24H,6-7H2,1H3,(H,20,25). The Morgan fingerprint density at radius 1 is 1.43 bits per heavy atom. The quantitative estimate of drug-likeness (QED) is 0.662. The minimum atomic E-state index is -3.92. The molecule has 3 N–H and O–H groups in total. The lowest BCUT2D eigenvalue weighted by Crippen LogP contribution is -2.55. The minimum absolute atomic E-state index is 0.00692. The van der Waals surface area contributed by atoms with E-state index >= 15 is 0 Å². The highest BCUT2D eigenvalue weighted by atomic mass is 35.5. The van der Waals surface area contributed by atoms with E-state index in [0.29, 0.717) is 0 Å². The number of aliphatic hydroxyl groups is 1. The molecule has 0 unspecified atom stereocenters. The van der Waals surface area contributed by atoms with Crippen molar-refractivity contribution in [2.24, 2.45) is 7.05 Å². The molecule has 12 heteroatoms. The number of anilines is 2. The van der Waals surface area contributed by atoms with Gasteiger partial charge in [-0.1, -0.05) is 11.6 Å². The maximum atomic E-state index is 13.4. The van der Waals surface area contributed by atoms with Gasteiger partial charge in [-0.25, -0.2) is 4.39 Å². The number of halogens is 2. The molecule has 1 aliphatic heterocycles. The van der Waals surface area contributed by atoms with Crippen LogP contribution in [0.2, 0.25) is 5.02 Å². The molecule has 3 rings (SSSR count). The van der Waals surface area contributed by atoms with Crippen LogP contribution in [0.25, 0.3) is 0 Å². The topological polar surface area (TPSA) is 127 Å². The normalized spacial score (nSPS) is 15.0. The van der Waals surface area contributed by atoms with Gasteiger partial charge in [-0.05, 0) is 18.2 Å². The number of carbonyl (C=O) groups excluding carboxylic acids is 1. The van der Waals surface area contributed by atoms with Gasteiger partial charge in [0.05, 0.1) is 22.4 Å². The van der Waals surface area contributed by atoms with Gasteiger partial charge < -0.3 is 15.0 Å². The zero-order valence-corrected chi connectivity index (χ0v) is 16.1. The summed E-state index contributed by atoms with van der Waals surface area (Å²) in [6.45, 7) is -0.0577. The van der Waals surface area contributed by atoms with Gasteiger partial charge in [0.1, 0.15) is 17.6 Å². The SMILES string of the molecule is Cn1cc(NS(=O)(=O)N2CC(O)C2)c(Cl)c1C(=O)Nc1ccc(F)c(C#N)c1. The van der Waals surface area contributed by atoms with Crippen molar-refractivity contribution in [3.63, 3.8) is 0 Å². The number of benzene rings is 1. The zero-order valence-electron chi connectivity index (χ0n) is 14.5. The molecule has 9 nitrogen and oxygen atoms in total. The van der Waals surface area contributed by atoms with Crippen LogP contribution in [0.15, 0.2) is 24.4 Å². The third-order valence-corrected chi connectivity index (χ3v) is 5.93. The highest BCUT2D eigenvalue weighted by Gasteiger charge is 2.35. The largest absolute Gasteiger partial charge is 0.390 e. The first kappa shape index (κ1) is 20.1. The Morgan fingerprint density at radius 2 is 2.11 bits per heavy atom. The molecule has 1 saturated heterocycles. The summed E-state index contributed by atoms with van der Waals surface area (Å²) in [5.41, 5.74) is -0.101. The monoisotopic (exact) mass is 427 g/mol. The highest BCUT2D eigenvalue weighted by molar-refractivity contribution is 7.90. The number of aromatic nitrogens is 1. The summed E-state index contributed by atoms with van der Waals surface area (Å²) in [5, 5.41) is 20.5. The summed E-state index contributed by atoms with van der Waals surface area (Å²) in [4.78, 5) is 12.5. The van der Waals surface area contributed by atoms with Crippen molar-refractivity contribution in [3.8, 4) is 6.07 Å². The Morgan fingerprint density at radius 3 is 2.71 bits per heavy atom. The molecular weight excluding hydrogens is 413 g/mol. The van der Waals surface area contributed by atoms with Crippen molar-refractivity contribution in [2.45, 2.75) is 6.10 Å². The fourth-order valence-corrected chi connectivity index (χ4v) is 4.29. The van der Waals surface area contributed by atoms with Crippen LogP contribution >= 0.6 is 11.6 Å². The molecule has 0 spiro atoms. The van der Waals surface area contributed by atoms with Gasteiger partial charge in [-0.3, -0.25) is 9.52 Å². The average molecular weight is 428 g/mol. The molecule has 1 amide bonds. The number of hydrogen-bond acceptors (Lipinski definition) is 5. The van der Waals surface area contributed by atoms with Crippen LogP contribution in [0, 0.1) is 17.1 Å². The fourth-order valence-electron chi connectivity index (χ4n) is 2.62. The first-order valence-corrected chi connectivity index (χ1v) is 9.76. The third-order valence-electron chi connectivity index (χ3n) is 4.09. The van der Waals surface area contributed by atoms with Crippen LogP contribution in [0.4, 0.5) is 15.8 Å². The van der Waals surface area contributed by atoms with Gasteiger partial charge in [0, 0.05) is 32.0 Å². The van der Waals surface area contributed by atoms with Crippen LogP contribution in [0.1, 0.15) is 16.1 Å². The van der Waals surface area contributed by atoms with Gasteiger partial charge in [-0.15, -0.1) is 0 Å². The van der Waals surface area contributed by atoms with E-state index in [4.69, 9.17) is 16.9 Å².